The quantitative estimate of drug-likeness (QED) is 0.375. The minimum absolute atomic E-state index is 0.262. The van der Waals surface area contributed by atoms with E-state index in [2.05, 4.69) is 15.3 Å². The first-order valence-electron chi connectivity index (χ1n) is 8.61. The third-order valence-electron chi connectivity index (χ3n) is 4.19. The van der Waals surface area contributed by atoms with Gasteiger partial charge in [-0.05, 0) is 36.8 Å². The molecule has 0 atom stereocenters. The molecule has 0 bridgehead atoms. The van der Waals surface area contributed by atoms with Gasteiger partial charge < -0.3 is 9.15 Å². The molecule has 0 saturated heterocycles. The Labute approximate surface area is 182 Å². The van der Waals surface area contributed by atoms with Gasteiger partial charge in [-0.25, -0.2) is 0 Å². The highest BCUT2D eigenvalue weighted by atomic mass is 35.5. The first-order valence-corrected chi connectivity index (χ1v) is 9.75. The summed E-state index contributed by atoms with van der Waals surface area (Å²) in [5.41, 5.74) is 3.29. The van der Waals surface area contributed by atoms with E-state index >= 15 is 0 Å². The number of aryl methyl sites for hydroxylation is 2. The van der Waals surface area contributed by atoms with E-state index in [0.717, 1.165) is 22.4 Å². The molecule has 6 nitrogen and oxygen atoms in total. The smallest absolute Gasteiger partial charge is 0.251 e. The fourth-order valence-electron chi connectivity index (χ4n) is 2.87. The van der Waals surface area contributed by atoms with E-state index in [1.165, 1.54) is 0 Å². The summed E-state index contributed by atoms with van der Waals surface area (Å²) < 4.78 is 13.3. The molecule has 148 valence electrons. The lowest BCUT2D eigenvalue weighted by Gasteiger charge is -2.10. The number of ether oxygens (including phenoxy) is 1. The number of nitrogens with zero attached hydrogens (tertiary/aromatic N) is 4. The summed E-state index contributed by atoms with van der Waals surface area (Å²) in [4.78, 5) is 0. The van der Waals surface area contributed by atoms with E-state index in [4.69, 9.17) is 44.0 Å². The number of halogens is 3. The van der Waals surface area contributed by atoms with Gasteiger partial charge in [-0.15, -0.1) is 10.2 Å². The predicted octanol–water partition coefficient (Wildman–Crippen LogP) is 5.98. The van der Waals surface area contributed by atoms with Gasteiger partial charge in [-0.2, -0.15) is 5.10 Å². The molecule has 0 spiro atoms. The van der Waals surface area contributed by atoms with Gasteiger partial charge in [0.05, 0.1) is 21.3 Å². The van der Waals surface area contributed by atoms with Crippen LogP contribution < -0.4 is 4.74 Å². The molecule has 2 heterocycles. The first-order chi connectivity index (χ1) is 13.9. The lowest BCUT2D eigenvalue weighted by atomic mass is 10.1. The van der Waals surface area contributed by atoms with Crippen LogP contribution in [0, 0.1) is 6.92 Å². The standard InChI is InChI=1S/C20H15Cl3N4O2/c1-11-15(9-27(2)26-11)20-25-24-19(29-20)13-5-3-4-12(6-13)10-28-18-16(22)7-14(21)8-17(18)23/h3-9H,10H2,1-2H3. The minimum Gasteiger partial charge on any atom is -0.486 e. The summed E-state index contributed by atoms with van der Waals surface area (Å²) in [5.74, 6) is 1.22. The van der Waals surface area contributed by atoms with Crippen molar-refractivity contribution in [2.45, 2.75) is 13.5 Å². The van der Waals surface area contributed by atoms with Crippen molar-refractivity contribution in [3.05, 3.63) is 68.9 Å². The summed E-state index contributed by atoms with van der Waals surface area (Å²) in [6, 6.07) is 10.8. The van der Waals surface area contributed by atoms with Gasteiger partial charge in [0.15, 0.2) is 5.75 Å². The number of aromatic nitrogens is 4. The van der Waals surface area contributed by atoms with Gasteiger partial charge in [0.2, 0.25) is 5.89 Å². The maximum Gasteiger partial charge on any atom is 0.251 e. The Morgan fingerprint density at radius 2 is 1.76 bits per heavy atom. The molecule has 4 rings (SSSR count). The topological polar surface area (TPSA) is 66.0 Å². The van der Waals surface area contributed by atoms with E-state index in [9.17, 15) is 0 Å². The van der Waals surface area contributed by atoms with E-state index in [0.29, 0.717) is 32.6 Å². The fourth-order valence-corrected chi connectivity index (χ4v) is 3.80. The molecule has 0 aliphatic carbocycles. The third-order valence-corrected chi connectivity index (χ3v) is 4.97. The Bertz CT molecular complexity index is 1160. The Balaban J connectivity index is 1.55. The second-order valence-electron chi connectivity index (χ2n) is 6.40. The summed E-state index contributed by atoms with van der Waals surface area (Å²) in [5, 5.41) is 13.8. The Hall–Kier alpha value is -2.54. The van der Waals surface area contributed by atoms with Crippen molar-refractivity contribution >= 4 is 34.8 Å². The number of rotatable bonds is 5. The fraction of sp³-hybridized carbons (Fsp3) is 0.150. The Kier molecular flexibility index (Phi) is 5.50. The maximum atomic E-state index is 6.17. The van der Waals surface area contributed by atoms with Crippen LogP contribution in [0.5, 0.6) is 5.75 Å². The zero-order valence-corrected chi connectivity index (χ0v) is 17.8. The molecule has 0 fully saturated rings. The summed E-state index contributed by atoms with van der Waals surface area (Å²) in [6.07, 6.45) is 1.84. The zero-order valence-electron chi connectivity index (χ0n) is 15.5. The van der Waals surface area contributed by atoms with Crippen molar-refractivity contribution in [3.8, 4) is 28.7 Å². The molecule has 0 aliphatic heterocycles. The molecular weight excluding hydrogens is 435 g/mol. The van der Waals surface area contributed by atoms with Crippen molar-refractivity contribution < 1.29 is 9.15 Å². The van der Waals surface area contributed by atoms with Gasteiger partial charge in [0, 0.05) is 23.8 Å². The van der Waals surface area contributed by atoms with Crippen LogP contribution in [0.15, 0.2) is 47.0 Å². The highest BCUT2D eigenvalue weighted by Gasteiger charge is 2.15. The number of hydrogen-bond acceptors (Lipinski definition) is 5. The van der Waals surface area contributed by atoms with Crippen molar-refractivity contribution in [3.63, 3.8) is 0 Å². The molecule has 0 radical (unpaired) electrons. The van der Waals surface area contributed by atoms with Gasteiger partial charge in [0.1, 0.15) is 6.61 Å². The zero-order chi connectivity index (χ0) is 20.5. The van der Waals surface area contributed by atoms with Crippen LogP contribution in [0.1, 0.15) is 11.3 Å². The van der Waals surface area contributed by atoms with Crippen molar-refractivity contribution in [2.24, 2.45) is 7.05 Å². The molecule has 2 aromatic heterocycles. The lowest BCUT2D eigenvalue weighted by Crippen LogP contribution is -1.97. The summed E-state index contributed by atoms with van der Waals surface area (Å²) in [7, 11) is 1.84. The van der Waals surface area contributed by atoms with E-state index < -0.39 is 0 Å². The van der Waals surface area contributed by atoms with Crippen LogP contribution in [-0.2, 0) is 13.7 Å². The predicted molar refractivity (Wildman–Crippen MR) is 112 cm³/mol. The van der Waals surface area contributed by atoms with Gasteiger partial charge in [0.25, 0.3) is 5.89 Å². The van der Waals surface area contributed by atoms with Crippen LogP contribution in [0.2, 0.25) is 15.1 Å². The second-order valence-corrected chi connectivity index (χ2v) is 7.65. The average molecular weight is 450 g/mol. The Morgan fingerprint density at radius 1 is 1.03 bits per heavy atom. The largest absolute Gasteiger partial charge is 0.486 e. The third kappa shape index (κ3) is 4.24. The average Bonchev–Trinajstić information content (AvgIpc) is 3.27. The molecule has 2 aromatic carbocycles. The van der Waals surface area contributed by atoms with Crippen LogP contribution in [-0.4, -0.2) is 20.0 Å². The van der Waals surface area contributed by atoms with Crippen LogP contribution in [0.25, 0.3) is 22.9 Å². The monoisotopic (exact) mass is 448 g/mol. The molecule has 0 aliphatic rings. The van der Waals surface area contributed by atoms with E-state index in [-0.39, 0.29) is 6.61 Å². The maximum absolute atomic E-state index is 6.17. The highest BCUT2D eigenvalue weighted by Crippen LogP contribution is 2.36. The summed E-state index contributed by atoms with van der Waals surface area (Å²) in [6.45, 7) is 2.15. The van der Waals surface area contributed by atoms with Gasteiger partial charge >= 0.3 is 0 Å². The molecule has 0 saturated carbocycles. The molecule has 9 heteroatoms. The molecule has 0 unspecified atom stereocenters. The van der Waals surface area contributed by atoms with Crippen LogP contribution >= 0.6 is 34.8 Å². The normalized spacial score (nSPS) is 11.1. The molecular formula is C20H15Cl3N4O2. The molecule has 29 heavy (non-hydrogen) atoms. The van der Waals surface area contributed by atoms with E-state index in [1.807, 2.05) is 44.4 Å². The van der Waals surface area contributed by atoms with E-state index in [1.54, 1.807) is 16.8 Å². The van der Waals surface area contributed by atoms with Crippen LogP contribution in [0.3, 0.4) is 0 Å². The summed E-state index contributed by atoms with van der Waals surface area (Å²) >= 11 is 18.3. The van der Waals surface area contributed by atoms with Crippen molar-refractivity contribution in [2.75, 3.05) is 0 Å². The number of hydrogen-bond donors (Lipinski definition) is 0. The minimum atomic E-state index is 0.262. The van der Waals surface area contributed by atoms with Crippen molar-refractivity contribution in [1.82, 2.24) is 20.0 Å². The molecule has 4 aromatic rings. The molecule has 0 amide bonds. The lowest BCUT2D eigenvalue weighted by molar-refractivity contribution is 0.306. The second kappa shape index (κ2) is 8.06. The Morgan fingerprint density at radius 3 is 2.45 bits per heavy atom. The van der Waals surface area contributed by atoms with Gasteiger partial charge in [-0.3, -0.25) is 4.68 Å². The van der Waals surface area contributed by atoms with Crippen molar-refractivity contribution in [1.29, 1.82) is 0 Å². The SMILES string of the molecule is Cc1nn(C)cc1-c1nnc(-c2cccc(COc3c(Cl)cc(Cl)cc3Cl)c2)o1. The highest BCUT2D eigenvalue weighted by molar-refractivity contribution is 6.40. The van der Waals surface area contributed by atoms with Gasteiger partial charge in [-0.1, -0.05) is 46.9 Å². The molecule has 0 N–H and O–H groups in total. The first kappa shape index (κ1) is 19.8. The van der Waals surface area contributed by atoms with Crippen LogP contribution in [0.4, 0.5) is 0 Å². The number of benzene rings is 2.